The van der Waals surface area contributed by atoms with E-state index in [1.807, 2.05) is 36.9 Å². The molecule has 1 saturated heterocycles. The molecular formula is C35H34ClF3N8O4. The lowest BCUT2D eigenvalue weighted by Gasteiger charge is -2.36. The number of ether oxygens (including phenoxy) is 1. The van der Waals surface area contributed by atoms with Gasteiger partial charge >= 0.3 is 6.18 Å². The number of nitrogens with zero attached hydrogens (tertiary/aromatic N) is 7. The highest BCUT2D eigenvalue weighted by Gasteiger charge is 2.32. The first-order valence-electron chi connectivity index (χ1n) is 16.5. The fraction of sp³-hybridized carbons (Fsp3) is 0.343. The van der Waals surface area contributed by atoms with Crippen LogP contribution in [-0.2, 0) is 36.9 Å². The molecule has 0 atom stereocenters. The molecule has 12 nitrogen and oxygen atoms in total. The summed E-state index contributed by atoms with van der Waals surface area (Å²) in [6.45, 7) is 6.50. The zero-order chi connectivity index (χ0) is 36.0. The number of halogens is 4. The first-order valence-corrected chi connectivity index (χ1v) is 16.9. The highest BCUT2D eigenvalue weighted by Crippen LogP contribution is 2.34. The van der Waals surface area contributed by atoms with E-state index >= 15 is 0 Å². The van der Waals surface area contributed by atoms with Crippen molar-refractivity contribution in [2.24, 2.45) is 0 Å². The van der Waals surface area contributed by atoms with Gasteiger partial charge in [-0.05, 0) is 67.4 Å². The number of pyridine rings is 1. The Morgan fingerprint density at radius 1 is 1.06 bits per heavy atom. The van der Waals surface area contributed by atoms with E-state index in [1.54, 1.807) is 16.7 Å². The molecule has 7 rings (SSSR count). The van der Waals surface area contributed by atoms with Crippen LogP contribution in [0.2, 0.25) is 5.02 Å². The number of amides is 1. The van der Waals surface area contributed by atoms with Crippen molar-refractivity contribution in [2.45, 2.75) is 46.0 Å². The van der Waals surface area contributed by atoms with Crippen LogP contribution >= 0.6 is 11.6 Å². The van der Waals surface area contributed by atoms with Gasteiger partial charge in [-0.2, -0.15) is 22.7 Å². The van der Waals surface area contributed by atoms with Crippen LogP contribution in [0.5, 0.6) is 11.5 Å². The predicted molar refractivity (Wildman–Crippen MR) is 184 cm³/mol. The topological polar surface area (TPSA) is 130 Å². The molecule has 16 heteroatoms. The second-order valence-corrected chi connectivity index (χ2v) is 12.9. The number of piperazine rings is 1. The van der Waals surface area contributed by atoms with E-state index in [0.717, 1.165) is 41.6 Å². The molecule has 2 aromatic carbocycles. The molecule has 3 aromatic heterocycles. The van der Waals surface area contributed by atoms with E-state index in [-0.39, 0.29) is 40.2 Å². The van der Waals surface area contributed by atoms with Crippen molar-refractivity contribution in [1.29, 1.82) is 0 Å². The molecule has 0 spiro atoms. The summed E-state index contributed by atoms with van der Waals surface area (Å²) in [7, 11) is 0. The number of carbonyl (C=O) groups excluding carboxylic acids is 1. The van der Waals surface area contributed by atoms with Gasteiger partial charge in [-0.3, -0.25) is 19.5 Å². The normalized spacial score (nSPS) is 14.9. The molecule has 5 heterocycles. The summed E-state index contributed by atoms with van der Waals surface area (Å²) in [5.74, 6) is 0.747. The van der Waals surface area contributed by atoms with Gasteiger partial charge in [-0.1, -0.05) is 18.5 Å². The maximum atomic E-state index is 14.3. The fourth-order valence-electron chi connectivity index (χ4n) is 6.56. The molecule has 2 aliphatic rings. The van der Waals surface area contributed by atoms with Crippen LogP contribution in [0.4, 0.5) is 24.5 Å². The number of benzene rings is 2. The molecule has 1 amide bonds. The lowest BCUT2D eigenvalue weighted by Crippen LogP contribution is -2.48. The van der Waals surface area contributed by atoms with E-state index < -0.39 is 17.6 Å². The molecule has 0 unspecified atom stereocenters. The maximum absolute atomic E-state index is 14.3. The second kappa shape index (κ2) is 13.5. The molecule has 2 aliphatic heterocycles. The van der Waals surface area contributed by atoms with Gasteiger partial charge in [0.25, 0.3) is 5.56 Å². The van der Waals surface area contributed by atoms with Gasteiger partial charge in [0.05, 0.1) is 34.3 Å². The number of nitrogens with one attached hydrogen (secondary N) is 1. The average Bonchev–Trinajstić information content (AvgIpc) is 3.76. The lowest BCUT2D eigenvalue weighted by atomic mass is 10.1. The molecule has 266 valence electrons. The van der Waals surface area contributed by atoms with Crippen LogP contribution in [0.3, 0.4) is 0 Å². The number of aryl methyl sites for hydroxylation is 1. The van der Waals surface area contributed by atoms with Crippen LogP contribution in [0, 0.1) is 6.92 Å². The van der Waals surface area contributed by atoms with Gasteiger partial charge in [0.2, 0.25) is 11.7 Å². The third-order valence-electron chi connectivity index (χ3n) is 9.13. The molecule has 0 aliphatic carbocycles. The third kappa shape index (κ3) is 6.82. The first-order chi connectivity index (χ1) is 24.4. The summed E-state index contributed by atoms with van der Waals surface area (Å²) in [6, 6.07) is 11.7. The summed E-state index contributed by atoms with van der Waals surface area (Å²) in [5.41, 5.74) is 2.66. The van der Waals surface area contributed by atoms with Gasteiger partial charge in [0, 0.05) is 50.4 Å². The number of aromatic nitrogens is 5. The smallest absolute Gasteiger partial charge is 0.416 e. The Morgan fingerprint density at radius 3 is 2.57 bits per heavy atom. The predicted octanol–water partition coefficient (Wildman–Crippen LogP) is 5.10. The maximum Gasteiger partial charge on any atom is 0.416 e. The van der Waals surface area contributed by atoms with Crippen molar-refractivity contribution in [1.82, 2.24) is 29.0 Å². The Bertz CT molecular complexity index is 2210. The van der Waals surface area contributed by atoms with Crippen LogP contribution in [-0.4, -0.2) is 72.8 Å². The van der Waals surface area contributed by atoms with Crippen molar-refractivity contribution in [3.63, 3.8) is 0 Å². The van der Waals surface area contributed by atoms with Crippen molar-refractivity contribution in [3.8, 4) is 22.9 Å². The minimum absolute atomic E-state index is 0.0118. The van der Waals surface area contributed by atoms with Gasteiger partial charge in [-0.25, -0.2) is 0 Å². The standard InChI is InChI=1S/C35H34ClF3N8O4/c1-3-27-31(45-13-11-44(12-14-45)18-26-28(48)8-4-20(2)40-26)33(50)47-34(42-32(43-47)22-5-9-29-21(16-22)10-15-51-29)46(27)19-30(49)41-25-7-6-23(17-24(25)36)35(37,38)39/h4-9,16-17,48H,3,10-15,18-19H2,1-2H3,(H,41,49). The van der Waals surface area contributed by atoms with E-state index in [4.69, 9.17) is 21.3 Å². The largest absolute Gasteiger partial charge is 0.506 e. The summed E-state index contributed by atoms with van der Waals surface area (Å²) in [4.78, 5) is 41.2. The van der Waals surface area contributed by atoms with E-state index in [1.165, 1.54) is 4.52 Å². The zero-order valence-electron chi connectivity index (χ0n) is 27.8. The summed E-state index contributed by atoms with van der Waals surface area (Å²) in [5, 5.41) is 17.3. The van der Waals surface area contributed by atoms with Crippen LogP contribution in [0.1, 0.15) is 35.1 Å². The number of anilines is 2. The monoisotopic (exact) mass is 722 g/mol. The number of alkyl halides is 3. The Morgan fingerprint density at radius 2 is 1.84 bits per heavy atom. The number of carbonyl (C=O) groups is 1. The molecule has 0 radical (unpaired) electrons. The number of hydrogen-bond acceptors (Lipinski definition) is 9. The number of aromatic hydroxyl groups is 1. The Balaban J connectivity index is 1.24. The van der Waals surface area contributed by atoms with Gasteiger partial charge in [-0.15, -0.1) is 5.10 Å². The number of rotatable bonds is 8. The zero-order valence-corrected chi connectivity index (χ0v) is 28.6. The molecule has 5 aromatic rings. The minimum Gasteiger partial charge on any atom is -0.506 e. The highest BCUT2D eigenvalue weighted by molar-refractivity contribution is 6.33. The average molecular weight is 723 g/mol. The third-order valence-corrected chi connectivity index (χ3v) is 9.44. The van der Waals surface area contributed by atoms with Crippen LogP contribution < -0.4 is 20.5 Å². The molecule has 2 N–H and O–H groups in total. The molecular weight excluding hydrogens is 689 g/mol. The Kier molecular flexibility index (Phi) is 9.10. The van der Waals surface area contributed by atoms with E-state index in [9.17, 15) is 27.9 Å². The van der Waals surface area contributed by atoms with Gasteiger partial charge < -0.3 is 24.6 Å². The molecule has 1 fully saturated rings. The van der Waals surface area contributed by atoms with Crippen LogP contribution in [0.25, 0.3) is 17.2 Å². The number of hydrogen-bond donors (Lipinski definition) is 2. The van der Waals surface area contributed by atoms with Crippen LogP contribution in [0.15, 0.2) is 53.3 Å². The second-order valence-electron chi connectivity index (χ2n) is 12.5. The van der Waals surface area contributed by atoms with Crippen molar-refractivity contribution >= 4 is 34.7 Å². The van der Waals surface area contributed by atoms with Crippen molar-refractivity contribution in [2.75, 3.05) is 43.0 Å². The first kappa shape index (κ1) is 34.3. The quantitative estimate of drug-likeness (QED) is 0.225. The summed E-state index contributed by atoms with van der Waals surface area (Å²) < 4.78 is 48.2. The van der Waals surface area contributed by atoms with Crippen molar-refractivity contribution < 1.29 is 27.8 Å². The number of fused-ring (bicyclic) bond motifs is 2. The Hall–Kier alpha value is -5.15. The SMILES string of the molecule is CCc1c(N2CCN(Cc3nc(C)ccc3O)CC2)c(=O)n2nc(-c3ccc4c(c3)CCO4)nc2n1CC(=O)Nc1ccc(C(F)(F)F)cc1Cl. The van der Waals surface area contributed by atoms with Gasteiger partial charge in [0.1, 0.15) is 23.7 Å². The summed E-state index contributed by atoms with van der Waals surface area (Å²) in [6.07, 6.45) is -3.51. The Labute approximate surface area is 295 Å². The van der Waals surface area contributed by atoms with E-state index in [2.05, 4.69) is 20.3 Å². The highest BCUT2D eigenvalue weighted by atomic mass is 35.5. The van der Waals surface area contributed by atoms with Crippen molar-refractivity contribution in [3.05, 3.63) is 92.1 Å². The molecule has 51 heavy (non-hydrogen) atoms. The summed E-state index contributed by atoms with van der Waals surface area (Å²) >= 11 is 6.15. The fourth-order valence-corrected chi connectivity index (χ4v) is 6.79. The lowest BCUT2D eigenvalue weighted by molar-refractivity contribution is -0.137. The minimum atomic E-state index is -4.60. The van der Waals surface area contributed by atoms with Gasteiger partial charge in [0.15, 0.2) is 5.82 Å². The molecule has 0 saturated carbocycles. The molecule has 0 bridgehead atoms. The van der Waals surface area contributed by atoms with E-state index in [0.29, 0.717) is 68.4 Å².